The molecule has 1 spiro atoms. The highest BCUT2D eigenvalue weighted by molar-refractivity contribution is 7.94. The molecule has 0 unspecified atom stereocenters. The summed E-state index contributed by atoms with van der Waals surface area (Å²) in [6.07, 6.45) is 10.4. The summed E-state index contributed by atoms with van der Waals surface area (Å²) >= 11 is 3.82. The molecule has 0 atom stereocenters. The molecule has 0 nitrogen and oxygen atoms in total. The van der Waals surface area contributed by atoms with E-state index in [1.54, 1.807) is 10.4 Å². The second-order valence-corrected chi connectivity index (χ2v) is 25.3. The SMILES string of the molecule is C=P(c1ccccc1)(c1ccccc1)c1ccc2c(c1)[Si]1(c3cc(P(=C)(c4ccccc4)c4ccccc4)ccc3-2)c2ccsc2-c2sccc21. The summed E-state index contributed by atoms with van der Waals surface area (Å²) in [5.74, 6) is 0. The van der Waals surface area contributed by atoms with Crippen LogP contribution in [0.4, 0.5) is 0 Å². The molecular formula is C46H34P2S2Si. The zero-order chi connectivity index (χ0) is 34.2. The van der Waals surface area contributed by atoms with E-state index >= 15 is 0 Å². The lowest BCUT2D eigenvalue weighted by atomic mass is 10.1. The Morgan fingerprint density at radius 3 is 1.02 bits per heavy atom. The van der Waals surface area contributed by atoms with Crippen molar-refractivity contribution in [3.63, 3.8) is 0 Å². The van der Waals surface area contributed by atoms with Crippen LogP contribution in [0.5, 0.6) is 0 Å². The Morgan fingerprint density at radius 1 is 0.353 bits per heavy atom. The monoisotopic (exact) mass is 740 g/mol. The maximum atomic E-state index is 5.18. The Balaban J connectivity index is 1.28. The number of fused-ring (bicyclic) bond motifs is 10. The minimum Gasteiger partial charge on any atom is -0.143 e. The maximum Gasteiger partial charge on any atom is 0.183 e. The Labute approximate surface area is 309 Å². The van der Waals surface area contributed by atoms with Gasteiger partial charge in [-0.2, -0.15) is 0 Å². The summed E-state index contributed by atoms with van der Waals surface area (Å²) in [4.78, 5) is 2.93. The molecule has 10 rings (SSSR count). The van der Waals surface area contributed by atoms with Crippen molar-refractivity contribution in [3.8, 4) is 20.9 Å². The van der Waals surface area contributed by atoms with Crippen molar-refractivity contribution < 1.29 is 0 Å². The topological polar surface area (TPSA) is 0 Å². The van der Waals surface area contributed by atoms with Gasteiger partial charge < -0.3 is 0 Å². The Morgan fingerprint density at radius 2 is 0.686 bits per heavy atom. The van der Waals surface area contributed by atoms with Gasteiger partial charge in [0.05, 0.1) is 0 Å². The first-order valence-corrected chi connectivity index (χ1v) is 24.9. The van der Waals surface area contributed by atoms with Crippen molar-refractivity contribution in [2.45, 2.75) is 0 Å². The standard InChI is InChI=1S/C46H34P2S2Si/c1-47(33-15-7-3-8-16-33,34-17-9-4-10-18-34)37-23-25-39-40-26-24-38(48(2,35-19-11-5-12-20-35)36-21-13-6-14-22-36)32-44(40)51(43(39)31-37)41-27-29-49-45(41)46-42(51)28-30-50-46/h3-32H,1-2H2. The Bertz CT molecular complexity index is 2420. The van der Waals surface area contributed by atoms with Crippen LogP contribution in [-0.4, -0.2) is 20.7 Å². The fourth-order valence-electron chi connectivity index (χ4n) is 8.69. The fraction of sp³-hybridized carbons (Fsp3) is 0. The highest BCUT2D eigenvalue weighted by Gasteiger charge is 2.55. The van der Waals surface area contributed by atoms with Crippen LogP contribution >= 0.6 is 36.4 Å². The first-order valence-electron chi connectivity index (χ1n) is 17.2. The maximum absolute atomic E-state index is 5.18. The van der Waals surface area contributed by atoms with Crippen LogP contribution in [0, 0.1) is 0 Å². The smallest absolute Gasteiger partial charge is 0.143 e. The predicted molar refractivity (Wildman–Crippen MR) is 235 cm³/mol. The molecule has 0 saturated carbocycles. The van der Waals surface area contributed by atoms with E-state index in [1.165, 1.54) is 63.1 Å². The third-order valence-corrected chi connectivity index (χ3v) is 25.4. The normalized spacial score (nSPS) is 13.8. The zero-order valence-corrected chi connectivity index (χ0v) is 32.4. The molecule has 0 bridgehead atoms. The molecule has 51 heavy (non-hydrogen) atoms. The van der Waals surface area contributed by atoms with Crippen molar-refractivity contribution in [1.82, 2.24) is 0 Å². The van der Waals surface area contributed by atoms with Crippen LogP contribution in [0.1, 0.15) is 0 Å². The summed E-state index contributed by atoms with van der Waals surface area (Å²) in [7, 11) is -2.67. The summed E-state index contributed by atoms with van der Waals surface area (Å²) in [6, 6.07) is 63.8. The second kappa shape index (κ2) is 11.8. The highest BCUT2D eigenvalue weighted by atomic mass is 32.1. The zero-order valence-electron chi connectivity index (χ0n) is 27.9. The number of thiophene rings is 2. The number of benzene rings is 6. The van der Waals surface area contributed by atoms with Crippen LogP contribution < -0.4 is 52.6 Å². The Kier molecular flexibility index (Phi) is 7.23. The average molecular weight is 741 g/mol. The van der Waals surface area contributed by atoms with E-state index in [4.69, 9.17) is 12.6 Å². The third-order valence-electron chi connectivity index (χ3n) is 11.1. The van der Waals surface area contributed by atoms with Gasteiger partial charge in [0, 0.05) is 9.75 Å². The molecule has 0 aliphatic carbocycles. The third kappa shape index (κ3) is 4.31. The van der Waals surface area contributed by atoms with Gasteiger partial charge >= 0.3 is 0 Å². The molecule has 0 amide bonds. The van der Waals surface area contributed by atoms with Gasteiger partial charge in [-0.3, -0.25) is 0 Å². The van der Waals surface area contributed by atoms with Gasteiger partial charge in [0.15, 0.2) is 8.07 Å². The summed E-state index contributed by atoms with van der Waals surface area (Å²) < 4.78 is 0. The van der Waals surface area contributed by atoms with E-state index in [2.05, 4.69) is 181 Å². The molecule has 0 N–H and O–H groups in total. The van der Waals surface area contributed by atoms with Gasteiger partial charge in [0.25, 0.3) is 0 Å². The van der Waals surface area contributed by atoms with E-state index in [-0.39, 0.29) is 0 Å². The van der Waals surface area contributed by atoms with Crippen molar-refractivity contribution in [2.24, 2.45) is 0 Å². The first kappa shape index (κ1) is 31.3. The molecule has 8 aromatic rings. The van der Waals surface area contributed by atoms with Crippen LogP contribution in [0.15, 0.2) is 181 Å². The molecule has 5 heteroatoms. The molecule has 2 aromatic heterocycles. The lowest BCUT2D eigenvalue weighted by Gasteiger charge is -2.31. The molecule has 2 aliphatic rings. The van der Waals surface area contributed by atoms with Crippen molar-refractivity contribution in [2.75, 3.05) is 0 Å². The van der Waals surface area contributed by atoms with E-state index in [1.807, 2.05) is 22.7 Å². The molecule has 0 radical (unpaired) electrons. The number of rotatable bonds is 6. The van der Waals surface area contributed by atoms with Crippen LogP contribution in [-0.2, 0) is 0 Å². The van der Waals surface area contributed by atoms with E-state index in [9.17, 15) is 0 Å². The molecule has 4 heterocycles. The number of hydrogen-bond acceptors (Lipinski definition) is 2. The predicted octanol–water partition coefficient (Wildman–Crippen LogP) is 6.60. The lowest BCUT2D eigenvalue weighted by molar-refractivity contribution is 1.73. The molecule has 244 valence electrons. The fourth-order valence-corrected chi connectivity index (χ4v) is 23.6. The van der Waals surface area contributed by atoms with Crippen molar-refractivity contribution in [1.29, 1.82) is 0 Å². The quantitative estimate of drug-likeness (QED) is 0.133. The van der Waals surface area contributed by atoms with E-state index in [0.29, 0.717) is 0 Å². The largest absolute Gasteiger partial charge is 0.183 e. The highest BCUT2D eigenvalue weighted by Crippen LogP contribution is 2.46. The van der Waals surface area contributed by atoms with Crippen molar-refractivity contribution >= 4 is 110 Å². The average Bonchev–Trinajstić information content (AvgIpc) is 3.99. The molecular weight excluding hydrogens is 707 g/mol. The second-order valence-electron chi connectivity index (χ2n) is 13.5. The molecule has 2 aliphatic heterocycles. The van der Waals surface area contributed by atoms with Gasteiger partial charge in [-0.15, -0.1) is 22.7 Å². The summed E-state index contributed by atoms with van der Waals surface area (Å²) in [5.41, 5.74) is 2.76. The van der Waals surface area contributed by atoms with Gasteiger partial charge in [0.2, 0.25) is 0 Å². The molecule has 6 aromatic carbocycles. The lowest BCUT2D eigenvalue weighted by Crippen LogP contribution is -2.71. The van der Waals surface area contributed by atoms with Crippen molar-refractivity contribution in [3.05, 3.63) is 181 Å². The van der Waals surface area contributed by atoms with Gasteiger partial charge in [-0.25, -0.2) is 0 Å². The van der Waals surface area contributed by atoms with Crippen LogP contribution in [0.2, 0.25) is 0 Å². The number of hydrogen-bond donors (Lipinski definition) is 0. The van der Waals surface area contributed by atoms with Crippen LogP contribution in [0.25, 0.3) is 20.9 Å². The Hall–Kier alpha value is -4.46. The summed E-state index contributed by atoms with van der Waals surface area (Å²) in [6.45, 7) is -4.39. The van der Waals surface area contributed by atoms with Gasteiger partial charge in [0.1, 0.15) is 0 Å². The minimum absolute atomic E-state index is 1.31. The van der Waals surface area contributed by atoms with Gasteiger partial charge in [-0.05, 0) is 88.2 Å². The van der Waals surface area contributed by atoms with Gasteiger partial charge in [-0.1, -0.05) is 182 Å². The molecule has 0 fully saturated rings. The summed E-state index contributed by atoms with van der Waals surface area (Å²) in [5, 5.41) is 18.7. The van der Waals surface area contributed by atoms with E-state index < -0.39 is 21.8 Å². The van der Waals surface area contributed by atoms with Crippen LogP contribution in [0.3, 0.4) is 0 Å². The first-order chi connectivity index (χ1) is 25.1. The molecule has 0 saturated heterocycles. The minimum atomic E-state index is -2.67. The van der Waals surface area contributed by atoms with E-state index in [0.717, 1.165) is 0 Å².